The van der Waals surface area contributed by atoms with Gasteiger partial charge in [0.1, 0.15) is 0 Å². The van der Waals surface area contributed by atoms with E-state index in [1.54, 1.807) is 0 Å². The predicted molar refractivity (Wildman–Crippen MR) is 67.6 cm³/mol. The third-order valence-corrected chi connectivity index (χ3v) is 4.04. The van der Waals surface area contributed by atoms with Crippen molar-refractivity contribution in [2.24, 2.45) is 12.8 Å². The Labute approximate surface area is 99.7 Å². The monoisotopic (exact) mass is 243 g/mol. The van der Waals surface area contributed by atoms with Gasteiger partial charge in [0.25, 0.3) is 0 Å². The zero-order valence-corrected chi connectivity index (χ0v) is 11.1. The Bertz CT molecular complexity index is 362. The Balaban J connectivity index is 2.58. The average molecular weight is 243 g/mol. The van der Waals surface area contributed by atoms with E-state index in [2.05, 4.69) is 12.0 Å². The van der Waals surface area contributed by atoms with E-state index >= 15 is 0 Å². The highest BCUT2D eigenvalue weighted by atomic mass is 32.2. The molecule has 0 bridgehead atoms. The van der Waals surface area contributed by atoms with Crippen LogP contribution in [0, 0.1) is 0 Å². The molecule has 0 aromatic carbocycles. The summed E-state index contributed by atoms with van der Waals surface area (Å²) in [5.74, 6) is 1.13. The molecule has 0 spiro atoms. The lowest BCUT2D eigenvalue weighted by Crippen LogP contribution is -2.26. The van der Waals surface area contributed by atoms with Crippen LogP contribution < -0.4 is 5.73 Å². The SMILES string of the molecule is CCc1cc(CS(=O)CC(N)CC)n(C)n1. The molecular weight excluding hydrogens is 222 g/mol. The molecule has 0 aliphatic heterocycles. The summed E-state index contributed by atoms with van der Waals surface area (Å²) in [6.45, 7) is 4.08. The van der Waals surface area contributed by atoms with Crippen molar-refractivity contribution in [2.75, 3.05) is 5.75 Å². The molecule has 1 aromatic rings. The smallest absolute Gasteiger partial charge is 0.0656 e. The van der Waals surface area contributed by atoms with Crippen LogP contribution in [0.4, 0.5) is 0 Å². The quantitative estimate of drug-likeness (QED) is 0.810. The van der Waals surface area contributed by atoms with Crippen molar-refractivity contribution in [1.82, 2.24) is 9.78 Å². The number of hydrogen-bond acceptors (Lipinski definition) is 3. The van der Waals surface area contributed by atoms with Crippen molar-refractivity contribution in [2.45, 2.75) is 38.5 Å². The third kappa shape index (κ3) is 3.72. The second kappa shape index (κ2) is 6.15. The van der Waals surface area contributed by atoms with E-state index in [9.17, 15) is 4.21 Å². The van der Waals surface area contributed by atoms with E-state index < -0.39 is 10.8 Å². The van der Waals surface area contributed by atoms with Crippen LogP contribution >= 0.6 is 0 Å². The Morgan fingerprint density at radius 2 is 2.25 bits per heavy atom. The molecule has 0 saturated carbocycles. The molecule has 1 aromatic heterocycles. The van der Waals surface area contributed by atoms with Gasteiger partial charge < -0.3 is 5.73 Å². The summed E-state index contributed by atoms with van der Waals surface area (Å²) in [6, 6.07) is 2.06. The lowest BCUT2D eigenvalue weighted by Gasteiger charge is -2.08. The minimum Gasteiger partial charge on any atom is -0.327 e. The van der Waals surface area contributed by atoms with E-state index in [1.165, 1.54) is 0 Å². The Morgan fingerprint density at radius 3 is 2.75 bits per heavy atom. The molecule has 92 valence electrons. The standard InChI is InChI=1S/C11H21N3OS/c1-4-9(12)7-16(15)8-11-6-10(5-2)13-14(11)3/h6,9H,4-5,7-8,12H2,1-3H3. The van der Waals surface area contributed by atoms with Gasteiger partial charge in [-0.2, -0.15) is 5.10 Å². The molecule has 0 aliphatic rings. The van der Waals surface area contributed by atoms with Crippen LogP contribution in [0.5, 0.6) is 0 Å². The van der Waals surface area contributed by atoms with E-state index in [0.29, 0.717) is 11.5 Å². The first kappa shape index (κ1) is 13.4. The Hall–Kier alpha value is -0.680. The second-order valence-corrected chi connectivity index (χ2v) is 5.52. The van der Waals surface area contributed by atoms with Crippen LogP contribution in [0.15, 0.2) is 6.07 Å². The molecule has 0 fully saturated rings. The zero-order valence-electron chi connectivity index (χ0n) is 10.3. The molecule has 2 unspecified atom stereocenters. The molecule has 5 heteroatoms. The first-order valence-corrected chi connectivity index (χ1v) is 7.17. The summed E-state index contributed by atoms with van der Waals surface area (Å²) in [6.07, 6.45) is 1.78. The van der Waals surface area contributed by atoms with E-state index in [0.717, 1.165) is 24.2 Å². The fourth-order valence-electron chi connectivity index (χ4n) is 1.46. The molecule has 2 N–H and O–H groups in total. The van der Waals surface area contributed by atoms with Crippen molar-refractivity contribution in [1.29, 1.82) is 0 Å². The van der Waals surface area contributed by atoms with Crippen molar-refractivity contribution >= 4 is 10.8 Å². The highest BCUT2D eigenvalue weighted by Crippen LogP contribution is 2.07. The van der Waals surface area contributed by atoms with Crippen LogP contribution in [-0.4, -0.2) is 25.8 Å². The predicted octanol–water partition coefficient (Wildman–Crippen LogP) is 0.968. The van der Waals surface area contributed by atoms with Gasteiger partial charge in [-0.25, -0.2) is 0 Å². The first-order chi connectivity index (χ1) is 7.56. The molecule has 0 amide bonds. The molecule has 0 radical (unpaired) electrons. The van der Waals surface area contributed by atoms with Gasteiger partial charge in [-0.3, -0.25) is 8.89 Å². The van der Waals surface area contributed by atoms with Crippen molar-refractivity contribution in [3.8, 4) is 0 Å². The van der Waals surface area contributed by atoms with E-state index in [1.807, 2.05) is 24.7 Å². The summed E-state index contributed by atoms with van der Waals surface area (Å²) in [5, 5.41) is 4.33. The minimum atomic E-state index is -0.886. The molecule has 4 nitrogen and oxygen atoms in total. The maximum absolute atomic E-state index is 11.8. The Morgan fingerprint density at radius 1 is 1.56 bits per heavy atom. The summed E-state index contributed by atoms with van der Waals surface area (Å²) in [4.78, 5) is 0. The van der Waals surface area contributed by atoms with Crippen LogP contribution in [0.2, 0.25) is 0 Å². The van der Waals surface area contributed by atoms with E-state index in [-0.39, 0.29) is 6.04 Å². The largest absolute Gasteiger partial charge is 0.327 e. The summed E-state index contributed by atoms with van der Waals surface area (Å²) < 4.78 is 13.6. The van der Waals surface area contributed by atoms with Crippen LogP contribution in [0.1, 0.15) is 31.7 Å². The molecule has 2 atom stereocenters. The maximum Gasteiger partial charge on any atom is 0.0656 e. The highest BCUT2D eigenvalue weighted by molar-refractivity contribution is 7.84. The number of aromatic nitrogens is 2. The van der Waals surface area contributed by atoms with Crippen LogP contribution in [0.25, 0.3) is 0 Å². The fraction of sp³-hybridized carbons (Fsp3) is 0.727. The lowest BCUT2D eigenvalue weighted by atomic mass is 10.3. The lowest BCUT2D eigenvalue weighted by molar-refractivity contribution is 0.658. The van der Waals surface area contributed by atoms with Crippen molar-refractivity contribution in [3.63, 3.8) is 0 Å². The maximum atomic E-state index is 11.8. The third-order valence-electron chi connectivity index (χ3n) is 2.62. The normalized spacial score (nSPS) is 15.0. The number of hydrogen-bond donors (Lipinski definition) is 1. The Kier molecular flexibility index (Phi) is 5.15. The summed E-state index contributed by atoms with van der Waals surface area (Å²) in [5.41, 5.74) is 7.86. The number of aryl methyl sites for hydroxylation is 2. The zero-order chi connectivity index (χ0) is 12.1. The summed E-state index contributed by atoms with van der Waals surface area (Å²) in [7, 11) is 1.01. The molecule has 1 rings (SSSR count). The minimum absolute atomic E-state index is 0.0414. The van der Waals surface area contributed by atoms with Gasteiger partial charge in [0.15, 0.2) is 0 Å². The number of nitrogens with two attached hydrogens (primary N) is 1. The van der Waals surface area contributed by atoms with Gasteiger partial charge in [-0.1, -0.05) is 13.8 Å². The fourth-order valence-corrected chi connectivity index (χ4v) is 2.89. The number of nitrogens with zero attached hydrogens (tertiary/aromatic N) is 2. The van der Waals surface area contributed by atoms with Gasteiger partial charge in [0.05, 0.1) is 17.1 Å². The first-order valence-electron chi connectivity index (χ1n) is 5.69. The van der Waals surface area contributed by atoms with Crippen LogP contribution in [-0.2, 0) is 30.0 Å². The second-order valence-electron chi connectivity index (χ2n) is 4.02. The average Bonchev–Trinajstić information content (AvgIpc) is 2.59. The molecular formula is C11H21N3OS. The van der Waals surface area contributed by atoms with Gasteiger partial charge in [0.2, 0.25) is 0 Å². The molecule has 16 heavy (non-hydrogen) atoms. The van der Waals surface area contributed by atoms with Gasteiger partial charge in [0, 0.05) is 29.6 Å². The van der Waals surface area contributed by atoms with Crippen molar-refractivity contribution in [3.05, 3.63) is 17.5 Å². The van der Waals surface area contributed by atoms with Gasteiger partial charge >= 0.3 is 0 Å². The van der Waals surface area contributed by atoms with E-state index in [4.69, 9.17) is 5.73 Å². The van der Waals surface area contributed by atoms with Gasteiger partial charge in [-0.05, 0) is 18.9 Å². The number of rotatable bonds is 6. The molecule has 0 saturated heterocycles. The van der Waals surface area contributed by atoms with Gasteiger partial charge in [-0.15, -0.1) is 0 Å². The molecule has 1 heterocycles. The van der Waals surface area contributed by atoms with Crippen molar-refractivity contribution < 1.29 is 4.21 Å². The van der Waals surface area contributed by atoms with Crippen LogP contribution in [0.3, 0.4) is 0 Å². The molecule has 0 aliphatic carbocycles. The summed E-state index contributed by atoms with van der Waals surface area (Å²) >= 11 is 0. The topological polar surface area (TPSA) is 60.9 Å². The highest BCUT2D eigenvalue weighted by Gasteiger charge is 2.10.